The maximum Gasteiger partial charge on any atom is 0.320 e. The number of hydrogen-bond acceptors (Lipinski definition) is 8. The van der Waals surface area contributed by atoms with Gasteiger partial charge in [-0.25, -0.2) is 17.5 Å². The predicted octanol–water partition coefficient (Wildman–Crippen LogP) is 17.0. The maximum absolute atomic E-state index is 12.4. The molecule has 20 heteroatoms. The van der Waals surface area contributed by atoms with Gasteiger partial charge in [-0.1, -0.05) is 149 Å². The molecule has 0 aromatic carbocycles. The first kappa shape index (κ1) is 102. The van der Waals surface area contributed by atoms with Gasteiger partial charge >= 0.3 is 6.03 Å². The second-order valence-corrected chi connectivity index (χ2v) is 31.4. The first-order chi connectivity index (χ1) is 43.2. The zero-order chi connectivity index (χ0) is 71.6. The fraction of sp³-hybridized carbons (Fsp3) is 0.932. The predicted molar refractivity (Wildman–Crippen MR) is 414 cm³/mol. The summed E-state index contributed by atoms with van der Waals surface area (Å²) in [5.74, 6) is 8.90. The minimum absolute atomic E-state index is 0. The number of sulfonamides is 1. The van der Waals surface area contributed by atoms with Gasteiger partial charge in [-0.2, -0.15) is 21.3 Å². The largest absolute Gasteiger partial charge is 0.373 e. The topological polar surface area (TPSA) is 145 Å². The summed E-state index contributed by atoms with van der Waals surface area (Å²) in [6, 6.07) is 3.03. The molecule has 3 amide bonds. The number of likely N-dealkylation sites (tertiary alicyclic amines) is 2. The van der Waals surface area contributed by atoms with Crippen molar-refractivity contribution in [1.82, 2.24) is 36.8 Å². The Bertz CT molecular complexity index is 2180. The number of carbonyl (C=O) groups is 2. The molecule has 0 N–H and O–H groups in total. The van der Waals surface area contributed by atoms with Gasteiger partial charge in [0.1, 0.15) is 0 Å². The number of hydrogen-bond donors (Lipinski definition) is 0. The second kappa shape index (κ2) is 56.0. The smallest absolute Gasteiger partial charge is 0.320 e. The second-order valence-electron chi connectivity index (χ2n) is 25.2. The van der Waals surface area contributed by atoms with Gasteiger partial charge < -0.3 is 19.6 Å². The molecule has 2 saturated carbocycles. The Balaban J connectivity index is -0.000000234. The van der Waals surface area contributed by atoms with E-state index in [1.807, 2.05) is 148 Å². The molecule has 10 aliphatic rings. The zero-order valence-electron chi connectivity index (χ0n) is 66.5. The molecule has 6 radical (unpaired) electrons. The molecule has 93 heavy (non-hydrogen) atoms. The number of piperidine rings is 3. The summed E-state index contributed by atoms with van der Waals surface area (Å²) in [5.41, 5.74) is 1.39. The lowest BCUT2D eigenvalue weighted by molar-refractivity contribution is -0.129. The quantitative estimate of drug-likeness (QED) is 0.189. The molecule has 0 spiro atoms. The Hall–Kier alpha value is -1.83. The van der Waals surface area contributed by atoms with Crippen molar-refractivity contribution in [1.29, 1.82) is 0 Å². The molecule has 10 rings (SSSR count). The molecule has 0 aromatic heterocycles. The van der Waals surface area contributed by atoms with E-state index >= 15 is 0 Å². The highest BCUT2D eigenvalue weighted by molar-refractivity contribution is 7.98. The van der Waals surface area contributed by atoms with Crippen LogP contribution in [0.1, 0.15) is 309 Å². The van der Waals surface area contributed by atoms with Gasteiger partial charge in [-0.3, -0.25) is 9.00 Å². The molecule has 8 heterocycles. The summed E-state index contributed by atoms with van der Waals surface area (Å²) in [6.45, 7) is 68.4. The summed E-state index contributed by atoms with van der Waals surface area (Å²) in [5, 5.41) is 0. The van der Waals surface area contributed by atoms with E-state index in [1.165, 1.54) is 95.7 Å². The first-order valence-electron chi connectivity index (χ1n) is 37.9. The lowest BCUT2D eigenvalue weighted by atomic mass is 9.74. The van der Waals surface area contributed by atoms with Crippen molar-refractivity contribution < 1.29 is 30.6 Å². The minimum Gasteiger partial charge on any atom is -0.373 e. The number of urea groups is 1. The number of rotatable bonds is 6. The number of amides is 3. The molecule has 8 saturated heterocycles. The maximum atomic E-state index is 12.4. The Morgan fingerprint density at radius 1 is 0.398 bits per heavy atom. The molecule has 8 aliphatic heterocycles. The van der Waals surface area contributed by atoms with Crippen LogP contribution in [-0.4, -0.2) is 205 Å². The van der Waals surface area contributed by atoms with E-state index in [9.17, 15) is 30.6 Å². The fourth-order valence-corrected chi connectivity index (χ4v) is 19.9. The van der Waals surface area contributed by atoms with E-state index in [-0.39, 0.29) is 41.0 Å². The molecule has 554 valence electrons. The van der Waals surface area contributed by atoms with Crippen LogP contribution in [0.4, 0.5) is 4.79 Å². The minimum atomic E-state index is -3.12. The molecule has 15 nitrogen and oxygen atoms in total. The lowest BCUT2D eigenvalue weighted by Crippen LogP contribution is -2.50. The number of fused-ring (bicyclic) bond motifs is 4. The van der Waals surface area contributed by atoms with Gasteiger partial charge in [0.05, 0.1) is 11.8 Å². The lowest BCUT2D eigenvalue weighted by Gasteiger charge is -2.45. The van der Waals surface area contributed by atoms with Crippen molar-refractivity contribution in [2.24, 2.45) is 23.7 Å². The Morgan fingerprint density at radius 3 is 1.19 bits per heavy atom. The van der Waals surface area contributed by atoms with Gasteiger partial charge in [0.15, 0.2) is 0 Å². The first-order valence-corrected chi connectivity index (χ1v) is 42.7. The van der Waals surface area contributed by atoms with Crippen molar-refractivity contribution in [2.45, 2.75) is 358 Å². The van der Waals surface area contributed by atoms with E-state index in [4.69, 9.17) is 0 Å². The highest BCUT2D eigenvalue weighted by Gasteiger charge is 2.46. The van der Waals surface area contributed by atoms with Gasteiger partial charge in [0, 0.05) is 139 Å². The van der Waals surface area contributed by atoms with Crippen LogP contribution in [0, 0.1) is 23.7 Å². The van der Waals surface area contributed by atoms with Gasteiger partial charge in [0.2, 0.25) is 15.9 Å². The molecule has 10 fully saturated rings. The van der Waals surface area contributed by atoms with Crippen LogP contribution < -0.4 is 0 Å². The van der Waals surface area contributed by atoms with Crippen molar-refractivity contribution in [3.05, 3.63) is 12.3 Å². The normalized spacial score (nSPS) is 26.2. The molecular formula is C73H156B2N8O7S3. The summed E-state index contributed by atoms with van der Waals surface area (Å²) in [7, 11) is -7.93. The summed E-state index contributed by atoms with van der Waals surface area (Å²) in [6.07, 6.45) is 21.9. The third kappa shape index (κ3) is 33.7. The summed E-state index contributed by atoms with van der Waals surface area (Å²) in [4.78, 5) is 31.3. The van der Waals surface area contributed by atoms with Crippen molar-refractivity contribution >= 4 is 64.6 Å². The number of nitrogens with zero attached hydrogens (tertiary/aromatic N) is 8. The van der Waals surface area contributed by atoms with Crippen molar-refractivity contribution in [3.63, 3.8) is 0 Å². The standard InChI is InChI=1S/C13H23N.C12H23NOS.C10H18N2O.C9H18N2O2S.C7H13NO.C6H13NO2S.8C2H6.2B/c1-10(2)14-9-13-7-5-4-6-12(13)8-11(14)3;1-10(2)13-8-11-6-4-5-7-12(11)9-15(13,3)14;1-8(2)12-7-9-5-3-4-6-11(9)10(12)13;1-8(2)11-7-9-5-3-4-6-10(9)14(11,12)13;1-6(2)8-5-3-4-7(8)9;1-6(2)7-4-3-5-10(7,8)9;8*1-2;;/h10,12-13H,3-9H2,1-2H3;10-12H,3-9H2,1-2H3;8-9H,3-7H2,1-2H3;8-9H,3-7H2,1-2H3;6H,3-5H2,1-2H3;6H,3-5H2,1-2H3;8*1-2H3;;. The van der Waals surface area contributed by atoms with Gasteiger partial charge in [-0.05, 0) is 190 Å². The Kier molecular flexibility index (Phi) is 61.5. The Morgan fingerprint density at radius 2 is 0.817 bits per heavy atom. The highest BCUT2D eigenvalue weighted by Crippen LogP contribution is 2.40. The van der Waals surface area contributed by atoms with E-state index < -0.39 is 29.9 Å². The monoisotopic (exact) mass is 1380 g/mol. The van der Waals surface area contributed by atoms with Crippen LogP contribution in [0.2, 0.25) is 0 Å². The van der Waals surface area contributed by atoms with Crippen LogP contribution in [-0.2, 0) is 34.7 Å². The third-order valence-corrected chi connectivity index (χ3v) is 24.4. The van der Waals surface area contributed by atoms with Crippen LogP contribution in [0.3, 0.4) is 0 Å². The third-order valence-electron chi connectivity index (χ3n) is 17.7. The van der Waals surface area contributed by atoms with E-state index in [2.05, 4.69) is 81.9 Å². The van der Waals surface area contributed by atoms with Crippen LogP contribution in [0.5, 0.6) is 0 Å². The fourth-order valence-electron chi connectivity index (χ4n) is 13.5. The zero-order valence-corrected chi connectivity index (χ0v) is 68.9. The molecule has 2 aliphatic carbocycles. The van der Waals surface area contributed by atoms with Gasteiger partial charge in [0.25, 0.3) is 10.2 Å². The van der Waals surface area contributed by atoms with Crippen molar-refractivity contribution in [3.8, 4) is 0 Å². The summed E-state index contributed by atoms with van der Waals surface area (Å²) < 4.78 is 65.8. The average molecular weight is 1380 g/mol. The molecule has 7 unspecified atom stereocenters. The highest BCUT2D eigenvalue weighted by atomic mass is 32.2. The number of carbonyl (C=O) groups excluding carboxylic acids is 2. The van der Waals surface area contributed by atoms with Gasteiger partial charge in [-0.15, -0.1) is 0 Å². The van der Waals surface area contributed by atoms with E-state index in [1.54, 1.807) is 12.9 Å². The molecule has 0 aromatic rings. The Labute approximate surface area is 586 Å². The van der Waals surface area contributed by atoms with E-state index in [0.717, 1.165) is 88.3 Å². The van der Waals surface area contributed by atoms with Crippen LogP contribution >= 0.6 is 0 Å². The molecule has 0 bridgehead atoms. The number of allylic oxidation sites excluding steroid dienone is 1. The molecule has 7 atom stereocenters. The molecular weight excluding hydrogens is 1220 g/mol. The average Bonchev–Trinajstić information content (AvgIpc) is 1.73. The van der Waals surface area contributed by atoms with Crippen LogP contribution in [0.15, 0.2) is 12.3 Å². The van der Waals surface area contributed by atoms with Crippen molar-refractivity contribution in [2.75, 3.05) is 63.9 Å². The summed E-state index contributed by atoms with van der Waals surface area (Å²) >= 11 is 0. The van der Waals surface area contributed by atoms with E-state index in [0.29, 0.717) is 60.9 Å². The van der Waals surface area contributed by atoms with Crippen LogP contribution in [0.25, 0.3) is 0 Å². The SMILES string of the molecule is C=C1CC2CCCCC2CN1C(C)C.C=S1(=O)CC2CCCCC2CN1C(C)C.CC.CC.CC.CC.CC.CC.CC.CC.CC(C)N1CC2CCCCN2C1=O.CC(C)N1CC2CCCCN2S1(=O)=O.CC(C)N1CCCC1=O.CC(C)N1CCCS1(=O)=O.[B].[B].